The van der Waals surface area contributed by atoms with Crippen LogP contribution in [-0.2, 0) is 28.6 Å². The average molecular weight is 1450 g/mol. The highest BCUT2D eigenvalue weighted by molar-refractivity contribution is 5.76. The molecular formula is C83H169N13O6. The summed E-state index contributed by atoms with van der Waals surface area (Å²) in [6, 6.07) is 16.7. The zero-order valence-corrected chi connectivity index (χ0v) is 72.2. The van der Waals surface area contributed by atoms with Crippen LogP contribution >= 0.6 is 0 Å². The van der Waals surface area contributed by atoms with Crippen LogP contribution in [0, 0.1) is 17.3 Å². The SMILES string of the molecule is CCC(C)C(=O)OCCN(CCCN(C)C)CCCN(C)C.CCC(C)c1ccccc1.CCC(C)c1ccccn1.CCC(CCC(C)(C)C(=O)OC)C(=O)OCCN(CCCN(C)C)CCCN(C)C.CCN(CCCN(C)C)CCCN(C)C.CCN(CCCN(C)C)CCCN(C)C. The smallest absolute Gasteiger partial charge is 0.311 e. The molecule has 19 nitrogen and oxygen atoms in total. The number of benzene rings is 1. The van der Waals surface area contributed by atoms with Gasteiger partial charge in [-0.1, -0.05) is 98.7 Å². The topological polar surface area (TPSA) is 131 Å². The van der Waals surface area contributed by atoms with Crippen LogP contribution in [0.1, 0.15) is 189 Å². The van der Waals surface area contributed by atoms with Crippen LogP contribution in [0.4, 0.5) is 0 Å². The quantitative estimate of drug-likeness (QED) is 0.0459. The van der Waals surface area contributed by atoms with E-state index < -0.39 is 5.41 Å². The lowest BCUT2D eigenvalue weighted by Crippen LogP contribution is -2.34. The van der Waals surface area contributed by atoms with Crippen molar-refractivity contribution in [2.45, 2.75) is 178 Å². The van der Waals surface area contributed by atoms with Gasteiger partial charge in [-0.25, -0.2) is 0 Å². The first kappa shape index (κ1) is 105. The minimum atomic E-state index is -0.585. The monoisotopic (exact) mass is 1440 g/mol. The van der Waals surface area contributed by atoms with Crippen molar-refractivity contribution in [3.63, 3.8) is 0 Å². The van der Waals surface area contributed by atoms with Gasteiger partial charge in [0.1, 0.15) is 13.2 Å². The second-order valence-corrected chi connectivity index (χ2v) is 30.8. The predicted molar refractivity (Wildman–Crippen MR) is 441 cm³/mol. The van der Waals surface area contributed by atoms with Gasteiger partial charge in [0.05, 0.1) is 24.4 Å². The van der Waals surface area contributed by atoms with Crippen LogP contribution in [0.15, 0.2) is 54.7 Å². The van der Waals surface area contributed by atoms with Crippen molar-refractivity contribution in [2.75, 3.05) is 264 Å². The number of rotatable bonds is 52. The van der Waals surface area contributed by atoms with Gasteiger partial charge in [0, 0.05) is 25.0 Å². The fourth-order valence-corrected chi connectivity index (χ4v) is 10.7. The molecule has 2 rings (SSSR count). The molecule has 0 spiro atoms. The van der Waals surface area contributed by atoms with Crippen LogP contribution in [0.3, 0.4) is 0 Å². The van der Waals surface area contributed by atoms with E-state index in [1.165, 1.54) is 116 Å². The van der Waals surface area contributed by atoms with Gasteiger partial charge in [-0.3, -0.25) is 29.2 Å². The van der Waals surface area contributed by atoms with Crippen LogP contribution < -0.4 is 0 Å². The third kappa shape index (κ3) is 66.9. The normalized spacial score (nSPS) is 12.8. The number of nitrogens with zero attached hydrogens (tertiary/aromatic N) is 13. The Balaban J connectivity index is -0.000000590. The first-order valence-electron chi connectivity index (χ1n) is 39.6. The van der Waals surface area contributed by atoms with E-state index in [2.05, 4.69) is 254 Å². The molecule has 2 aromatic rings. The van der Waals surface area contributed by atoms with Crippen molar-refractivity contribution in [2.24, 2.45) is 17.3 Å². The van der Waals surface area contributed by atoms with E-state index in [1.807, 2.05) is 52.9 Å². The Morgan fingerprint density at radius 2 is 0.716 bits per heavy atom. The Morgan fingerprint density at radius 1 is 0.392 bits per heavy atom. The van der Waals surface area contributed by atoms with E-state index in [9.17, 15) is 14.4 Å². The van der Waals surface area contributed by atoms with Crippen molar-refractivity contribution in [1.29, 1.82) is 0 Å². The summed E-state index contributed by atoms with van der Waals surface area (Å²) in [6.07, 6.45) is 16.6. The molecular weight excluding hydrogens is 1270 g/mol. The number of hydrogen-bond acceptors (Lipinski definition) is 19. The van der Waals surface area contributed by atoms with Gasteiger partial charge in [0.25, 0.3) is 0 Å². The Morgan fingerprint density at radius 3 is 0.990 bits per heavy atom. The predicted octanol–water partition coefficient (Wildman–Crippen LogP) is 12.7. The number of esters is 3. The van der Waals surface area contributed by atoms with E-state index >= 15 is 0 Å². The molecule has 0 bridgehead atoms. The summed E-state index contributed by atoms with van der Waals surface area (Å²) in [7, 11) is 35.3. The Kier molecular flexibility index (Phi) is 70.9. The lowest BCUT2D eigenvalue weighted by Gasteiger charge is -2.25. The highest BCUT2D eigenvalue weighted by Crippen LogP contribution is 2.28. The molecule has 1 heterocycles. The molecule has 0 saturated carbocycles. The molecule has 602 valence electrons. The van der Waals surface area contributed by atoms with Gasteiger partial charge in [0.2, 0.25) is 0 Å². The maximum atomic E-state index is 12.5. The van der Waals surface area contributed by atoms with Crippen molar-refractivity contribution >= 4 is 17.9 Å². The largest absolute Gasteiger partial charge is 0.469 e. The minimum absolute atomic E-state index is 0.0101. The molecule has 0 fully saturated rings. The van der Waals surface area contributed by atoms with Gasteiger partial charge in [-0.2, -0.15) is 0 Å². The van der Waals surface area contributed by atoms with E-state index in [4.69, 9.17) is 14.2 Å². The summed E-state index contributed by atoms with van der Waals surface area (Å²) < 4.78 is 15.9. The number of carbonyl (C=O) groups excluding carboxylic acids is 3. The first-order chi connectivity index (χ1) is 48.2. The molecule has 0 aliphatic heterocycles. The van der Waals surface area contributed by atoms with Gasteiger partial charge in [0.15, 0.2) is 0 Å². The van der Waals surface area contributed by atoms with Crippen LogP contribution in [0.2, 0.25) is 0 Å². The van der Waals surface area contributed by atoms with Crippen molar-refractivity contribution in [3.05, 3.63) is 66.0 Å². The summed E-state index contributed by atoms with van der Waals surface area (Å²) in [6.45, 7) is 46.1. The van der Waals surface area contributed by atoms with Gasteiger partial charge < -0.3 is 63.2 Å². The zero-order chi connectivity index (χ0) is 78.3. The lowest BCUT2D eigenvalue weighted by molar-refractivity contribution is -0.154. The highest BCUT2D eigenvalue weighted by Gasteiger charge is 2.31. The fourth-order valence-electron chi connectivity index (χ4n) is 10.7. The molecule has 0 saturated heterocycles. The second-order valence-electron chi connectivity index (χ2n) is 30.8. The Hall–Kier alpha value is -3.70. The molecule has 0 amide bonds. The molecule has 19 heteroatoms. The van der Waals surface area contributed by atoms with E-state index in [0.29, 0.717) is 44.3 Å². The van der Waals surface area contributed by atoms with Crippen LogP contribution in [0.25, 0.3) is 0 Å². The number of aromatic nitrogens is 1. The van der Waals surface area contributed by atoms with Gasteiger partial charge in [-0.05, 0) is 364 Å². The molecule has 0 aliphatic rings. The van der Waals surface area contributed by atoms with Gasteiger partial charge in [-0.15, -0.1) is 0 Å². The Bertz CT molecular complexity index is 2010. The summed E-state index contributed by atoms with van der Waals surface area (Å²) in [5, 5.41) is 0. The maximum Gasteiger partial charge on any atom is 0.311 e. The fraction of sp³-hybridized carbons (Fsp3) is 0.831. The summed E-state index contributed by atoms with van der Waals surface area (Å²) in [4.78, 5) is 68.1. The molecule has 0 radical (unpaired) electrons. The standard InChI is InChI=1S/C23H47N3O4.C17H37N3O2.2C12H29N3.C10H14.C9H13N/c1-9-20(12-13-23(2,3)22(28)29-8)21(27)30-19-18-26(16-10-14-24(4)5)17-11-15-25(6)7;1-7-16(2)17(21)22-15-14-20(12-8-10-18(3)4)13-9-11-19(5)6;2*1-6-15(11-7-9-13(2)3)12-8-10-14(4)5;1-3-9(2)10-7-5-4-6-8-10;1-3-8(2)9-6-4-5-7-10-9/h20H,9-19H2,1-8H3;16H,7-15H2,1-6H3;2*6-12H2,1-5H3;4-9H,3H2,1-2H3;4-8H,3H2,1-2H3. The van der Waals surface area contributed by atoms with Crippen LogP contribution in [0.5, 0.6) is 0 Å². The van der Waals surface area contributed by atoms with E-state index in [1.54, 1.807) is 0 Å². The first-order valence-corrected chi connectivity index (χ1v) is 39.6. The molecule has 4 atom stereocenters. The summed E-state index contributed by atoms with van der Waals surface area (Å²) in [5.41, 5.74) is 2.06. The summed E-state index contributed by atoms with van der Waals surface area (Å²) in [5.74, 6) is 0.684. The third-order valence-electron chi connectivity index (χ3n) is 18.3. The van der Waals surface area contributed by atoms with Gasteiger partial charge >= 0.3 is 17.9 Å². The number of pyridine rings is 1. The second kappa shape index (κ2) is 69.1. The highest BCUT2D eigenvalue weighted by atomic mass is 16.5. The van der Waals surface area contributed by atoms with E-state index in [-0.39, 0.29) is 29.7 Å². The maximum absolute atomic E-state index is 12.5. The van der Waals surface area contributed by atoms with Crippen molar-refractivity contribution in [3.8, 4) is 0 Å². The average Bonchev–Trinajstić information content (AvgIpc) is 0.887. The third-order valence-corrected chi connectivity index (χ3v) is 18.3. The molecule has 4 unspecified atom stereocenters. The van der Waals surface area contributed by atoms with Crippen molar-refractivity contribution < 1.29 is 28.6 Å². The lowest BCUT2D eigenvalue weighted by atomic mass is 9.84. The minimum Gasteiger partial charge on any atom is -0.469 e. The Labute approximate surface area is 632 Å². The summed E-state index contributed by atoms with van der Waals surface area (Å²) >= 11 is 0. The van der Waals surface area contributed by atoms with Crippen LogP contribution in [-0.4, -0.2) is 346 Å². The number of methoxy groups -OCH3 is 1. The molecule has 102 heavy (non-hydrogen) atoms. The molecule has 1 aromatic carbocycles. The van der Waals surface area contributed by atoms with E-state index in [0.717, 1.165) is 104 Å². The number of ether oxygens (including phenoxy) is 3. The van der Waals surface area contributed by atoms with Crippen molar-refractivity contribution in [1.82, 2.24) is 63.8 Å². The molecule has 1 aromatic heterocycles. The molecule has 0 N–H and O–H groups in total. The number of carbonyl (C=O) groups is 3. The zero-order valence-electron chi connectivity index (χ0n) is 72.2. The number of hydrogen-bond donors (Lipinski definition) is 0. The molecule has 0 aliphatic carbocycles.